The Bertz CT molecular complexity index is 1470. The van der Waals surface area contributed by atoms with Crippen LogP contribution < -0.4 is 20.5 Å². The van der Waals surface area contributed by atoms with E-state index in [0.717, 1.165) is 15.9 Å². The predicted molar refractivity (Wildman–Crippen MR) is 119 cm³/mol. The van der Waals surface area contributed by atoms with E-state index in [9.17, 15) is 25.1 Å². The van der Waals surface area contributed by atoms with Crippen LogP contribution in [-0.2, 0) is 9.53 Å². The number of allylic oxidation sites excluding steroid dienone is 1. The molecule has 0 radical (unpaired) electrons. The van der Waals surface area contributed by atoms with Gasteiger partial charge in [-0.3, -0.25) is 9.36 Å². The summed E-state index contributed by atoms with van der Waals surface area (Å²) in [6.07, 6.45) is 1.61. The van der Waals surface area contributed by atoms with Crippen LogP contribution in [0.15, 0.2) is 58.9 Å². The summed E-state index contributed by atoms with van der Waals surface area (Å²) in [5, 5.41) is 29.0. The number of ether oxygens (including phenoxy) is 1. The number of benzene rings is 2. The molecule has 4 N–H and O–H groups in total. The van der Waals surface area contributed by atoms with Crippen molar-refractivity contribution in [2.45, 2.75) is 5.92 Å². The number of aromatic hydroxyl groups is 2. The summed E-state index contributed by atoms with van der Waals surface area (Å²) in [5.74, 6) is -1.52. The highest BCUT2D eigenvalue weighted by Crippen LogP contribution is 2.37. The van der Waals surface area contributed by atoms with E-state index in [2.05, 4.69) is 0 Å². The number of hydrogen-bond donors (Lipinski definition) is 3. The van der Waals surface area contributed by atoms with E-state index in [1.165, 1.54) is 31.4 Å². The second kappa shape index (κ2) is 8.09. The van der Waals surface area contributed by atoms with Gasteiger partial charge < -0.3 is 20.7 Å². The lowest BCUT2D eigenvalue weighted by Crippen LogP contribution is -2.40. The third-order valence-corrected chi connectivity index (χ3v) is 6.20. The third kappa shape index (κ3) is 3.42. The number of carbonyl (C=O) groups excluding carboxylic acids is 1. The number of methoxy groups -OCH3 is 1. The summed E-state index contributed by atoms with van der Waals surface area (Å²) in [4.78, 5) is 26.0. The lowest BCUT2D eigenvalue weighted by atomic mass is 9.84. The van der Waals surface area contributed by atoms with Crippen LogP contribution in [0.25, 0.3) is 17.5 Å². The summed E-state index contributed by atoms with van der Waals surface area (Å²) in [6, 6.07) is 14.3. The molecule has 4 rings (SSSR count). The molecule has 0 amide bonds. The Morgan fingerprint density at radius 2 is 1.75 bits per heavy atom. The monoisotopic (exact) mass is 447 g/mol. The molecule has 1 aromatic heterocycles. The molecule has 8 nitrogen and oxygen atoms in total. The van der Waals surface area contributed by atoms with Gasteiger partial charge in [-0.25, -0.2) is 4.79 Å². The molecule has 3 aromatic rings. The molecule has 0 saturated carbocycles. The Kier molecular flexibility index (Phi) is 5.30. The number of phenols is 2. The number of thiazole rings is 1. The highest BCUT2D eigenvalue weighted by molar-refractivity contribution is 7.07. The Morgan fingerprint density at radius 3 is 2.31 bits per heavy atom. The van der Waals surface area contributed by atoms with Gasteiger partial charge in [-0.15, -0.1) is 11.3 Å². The van der Waals surface area contributed by atoms with Crippen LogP contribution in [0.5, 0.6) is 11.5 Å². The van der Waals surface area contributed by atoms with Crippen LogP contribution >= 0.6 is 11.3 Å². The van der Waals surface area contributed by atoms with Crippen LogP contribution in [0.4, 0.5) is 0 Å². The zero-order valence-electron chi connectivity index (χ0n) is 16.8. The normalized spacial score (nSPS) is 15.9. The zero-order chi connectivity index (χ0) is 23.0. The largest absolute Gasteiger partial charge is 0.508 e. The van der Waals surface area contributed by atoms with E-state index in [1.54, 1.807) is 30.3 Å². The number of fused-ring (bicyclic) bond motifs is 1. The average Bonchev–Trinajstić information content (AvgIpc) is 3.11. The van der Waals surface area contributed by atoms with E-state index >= 15 is 0 Å². The molecular formula is C23H17N3O5S. The van der Waals surface area contributed by atoms with Crippen molar-refractivity contribution >= 4 is 34.8 Å². The highest BCUT2D eigenvalue weighted by Gasteiger charge is 2.36. The van der Waals surface area contributed by atoms with Crippen LogP contribution in [0.1, 0.15) is 17.0 Å². The molecule has 1 unspecified atom stereocenters. The van der Waals surface area contributed by atoms with E-state index in [1.807, 2.05) is 6.07 Å². The van der Waals surface area contributed by atoms with Gasteiger partial charge in [-0.2, -0.15) is 5.26 Å². The molecule has 0 fully saturated rings. The topological polar surface area (TPSA) is 139 Å². The highest BCUT2D eigenvalue weighted by atomic mass is 32.1. The molecule has 0 bridgehead atoms. The van der Waals surface area contributed by atoms with Crippen molar-refractivity contribution in [1.29, 1.82) is 5.26 Å². The standard InChI is InChI=1S/C23H17N3O5S/c1-31-23(30)19-18(13-4-8-15(28)9-5-13)16(11-24)20(25)26-21(29)17(32-22(19)26)10-12-2-6-14(27)7-3-12/h2-10,18,27-28H,25H2,1H3/b17-10+. The van der Waals surface area contributed by atoms with Crippen LogP contribution in [-0.4, -0.2) is 27.9 Å². The van der Waals surface area contributed by atoms with E-state index in [-0.39, 0.29) is 33.1 Å². The minimum Gasteiger partial charge on any atom is -0.508 e. The average molecular weight is 447 g/mol. The van der Waals surface area contributed by atoms with Gasteiger partial charge in [0, 0.05) is 0 Å². The number of carbonyl (C=O) groups is 1. The lowest BCUT2D eigenvalue weighted by molar-refractivity contribution is -0.134. The number of phenolic OH excluding ortho intramolecular Hbond substituents is 2. The second-order valence-corrected chi connectivity index (χ2v) is 8.02. The van der Waals surface area contributed by atoms with Crippen molar-refractivity contribution < 1.29 is 19.7 Å². The second-order valence-electron chi connectivity index (χ2n) is 6.99. The first-order valence-electron chi connectivity index (χ1n) is 9.40. The molecule has 2 heterocycles. The molecule has 2 aromatic carbocycles. The minimum atomic E-state index is -0.868. The number of nitriles is 1. The Labute approximate surface area is 185 Å². The van der Waals surface area contributed by atoms with Crippen molar-refractivity contribution in [1.82, 2.24) is 4.57 Å². The number of hydrogen-bond acceptors (Lipinski definition) is 8. The quantitative estimate of drug-likeness (QED) is 0.508. The number of nitrogens with zero attached hydrogens (tertiary/aromatic N) is 2. The SMILES string of the molecule is COC(=O)C1=c2s/c(=C/c3ccc(O)cc3)c(=O)n2C(N)=C(C#N)C1c1ccc(O)cc1. The number of nitrogens with two attached hydrogens (primary N) is 1. The van der Waals surface area contributed by atoms with Crippen LogP contribution in [0.2, 0.25) is 0 Å². The summed E-state index contributed by atoms with van der Waals surface area (Å²) in [6.45, 7) is 0. The van der Waals surface area contributed by atoms with Gasteiger partial charge in [0.2, 0.25) is 0 Å². The van der Waals surface area contributed by atoms with Gasteiger partial charge in [-0.1, -0.05) is 24.3 Å². The summed E-state index contributed by atoms with van der Waals surface area (Å²) in [7, 11) is 1.22. The fourth-order valence-electron chi connectivity index (χ4n) is 3.58. The molecule has 0 saturated heterocycles. The predicted octanol–water partition coefficient (Wildman–Crippen LogP) is 0.922. The van der Waals surface area contributed by atoms with Crippen LogP contribution in [0.3, 0.4) is 0 Å². The Hall–Kier alpha value is -4.29. The van der Waals surface area contributed by atoms with E-state index < -0.39 is 17.4 Å². The molecule has 1 aliphatic rings. The first-order chi connectivity index (χ1) is 15.3. The minimum absolute atomic E-state index is 0.0263. The molecular weight excluding hydrogens is 430 g/mol. The van der Waals surface area contributed by atoms with Gasteiger partial charge in [0.15, 0.2) is 0 Å². The molecule has 9 heteroatoms. The number of rotatable bonds is 3. The summed E-state index contributed by atoms with van der Waals surface area (Å²) in [5.41, 5.74) is 7.12. The number of esters is 1. The van der Waals surface area contributed by atoms with Crippen molar-refractivity contribution in [2.75, 3.05) is 7.11 Å². The fraction of sp³-hybridized carbons (Fsp3) is 0.0870. The third-order valence-electron chi connectivity index (χ3n) is 5.09. The molecule has 0 spiro atoms. The molecule has 1 atom stereocenters. The molecule has 160 valence electrons. The van der Waals surface area contributed by atoms with Crippen molar-refractivity contribution in [3.8, 4) is 17.6 Å². The Morgan fingerprint density at radius 1 is 1.16 bits per heavy atom. The maximum atomic E-state index is 13.2. The lowest BCUT2D eigenvalue weighted by Gasteiger charge is -2.24. The number of aromatic nitrogens is 1. The van der Waals surface area contributed by atoms with Crippen LogP contribution in [0, 0.1) is 11.3 Å². The first-order valence-corrected chi connectivity index (χ1v) is 10.2. The molecule has 0 aliphatic carbocycles. The van der Waals surface area contributed by atoms with Crippen molar-refractivity contribution in [3.63, 3.8) is 0 Å². The van der Waals surface area contributed by atoms with Gasteiger partial charge in [-0.05, 0) is 41.5 Å². The van der Waals surface area contributed by atoms with Gasteiger partial charge in [0.1, 0.15) is 22.0 Å². The van der Waals surface area contributed by atoms with Gasteiger partial charge >= 0.3 is 5.97 Å². The zero-order valence-corrected chi connectivity index (χ0v) is 17.6. The maximum Gasteiger partial charge on any atom is 0.337 e. The molecule has 32 heavy (non-hydrogen) atoms. The van der Waals surface area contributed by atoms with Crippen molar-refractivity contribution in [2.24, 2.45) is 5.73 Å². The fourth-order valence-corrected chi connectivity index (χ4v) is 4.74. The summed E-state index contributed by atoms with van der Waals surface area (Å²) < 4.78 is 6.69. The van der Waals surface area contributed by atoms with E-state index in [4.69, 9.17) is 10.5 Å². The summed E-state index contributed by atoms with van der Waals surface area (Å²) >= 11 is 1.05. The first kappa shape index (κ1) is 21.0. The van der Waals surface area contributed by atoms with Gasteiger partial charge in [0.25, 0.3) is 5.56 Å². The van der Waals surface area contributed by atoms with E-state index in [0.29, 0.717) is 15.7 Å². The maximum absolute atomic E-state index is 13.2. The van der Waals surface area contributed by atoms with Gasteiger partial charge in [0.05, 0.1) is 34.8 Å². The Balaban J connectivity index is 2.08. The smallest absolute Gasteiger partial charge is 0.337 e. The molecule has 1 aliphatic heterocycles. The van der Waals surface area contributed by atoms with Crippen molar-refractivity contribution in [3.05, 3.63) is 84.8 Å².